The summed E-state index contributed by atoms with van der Waals surface area (Å²) in [5.41, 5.74) is 9.65. The van der Waals surface area contributed by atoms with Gasteiger partial charge in [-0.3, -0.25) is 14.9 Å². The lowest BCUT2D eigenvalue weighted by molar-refractivity contribution is 0.112. The van der Waals surface area contributed by atoms with Crippen molar-refractivity contribution >= 4 is 5.96 Å². The summed E-state index contributed by atoms with van der Waals surface area (Å²) in [6.45, 7) is 3.44. The molecule has 4 N–H and O–H groups in total. The van der Waals surface area contributed by atoms with Crippen molar-refractivity contribution < 1.29 is 5.11 Å². The molecular weight excluding hydrogens is 326 g/mol. The van der Waals surface area contributed by atoms with Crippen LogP contribution in [0.3, 0.4) is 0 Å². The quantitative estimate of drug-likeness (QED) is 0.510. The van der Waals surface area contributed by atoms with Gasteiger partial charge in [0.15, 0.2) is 5.96 Å². The predicted octanol–water partition coefficient (Wildman–Crippen LogP) is 0.948. The third kappa shape index (κ3) is 5.54. The van der Waals surface area contributed by atoms with Gasteiger partial charge in [-0.15, -0.1) is 0 Å². The predicted molar refractivity (Wildman–Crippen MR) is 104 cm³/mol. The standard InChI is InChI=1S/C20H27N5O/c21-20(23-11-8-18-7-3-4-10-22-18)24-13-19(26)15-25-12-9-16-5-1-2-6-17(16)14-25/h1-7,10,19,26H,8-9,11-15H2,(H3,21,23,24). The van der Waals surface area contributed by atoms with Crippen molar-refractivity contribution in [2.45, 2.75) is 25.5 Å². The zero-order valence-electron chi connectivity index (χ0n) is 15.0. The molecule has 1 aliphatic rings. The molecule has 1 aromatic carbocycles. The Labute approximate surface area is 154 Å². The molecule has 0 aliphatic carbocycles. The number of aliphatic hydroxyl groups is 1. The molecule has 0 saturated carbocycles. The van der Waals surface area contributed by atoms with E-state index in [2.05, 4.69) is 44.5 Å². The van der Waals surface area contributed by atoms with Crippen LogP contribution in [0.2, 0.25) is 0 Å². The molecule has 0 spiro atoms. The van der Waals surface area contributed by atoms with E-state index in [1.54, 1.807) is 6.20 Å². The van der Waals surface area contributed by atoms with Gasteiger partial charge in [0.1, 0.15) is 0 Å². The number of nitrogens with zero attached hydrogens (tertiary/aromatic N) is 3. The van der Waals surface area contributed by atoms with E-state index in [1.165, 1.54) is 11.1 Å². The number of pyridine rings is 1. The van der Waals surface area contributed by atoms with E-state index in [0.29, 0.717) is 25.6 Å². The molecule has 0 saturated heterocycles. The maximum atomic E-state index is 10.3. The Hall–Kier alpha value is -2.44. The first-order valence-electron chi connectivity index (χ1n) is 9.11. The number of aromatic nitrogens is 1. The largest absolute Gasteiger partial charge is 0.390 e. The number of guanidine groups is 1. The maximum Gasteiger partial charge on any atom is 0.188 e. The van der Waals surface area contributed by atoms with E-state index in [4.69, 9.17) is 5.73 Å². The molecular formula is C20H27N5O. The van der Waals surface area contributed by atoms with Crippen LogP contribution in [0.5, 0.6) is 0 Å². The van der Waals surface area contributed by atoms with Gasteiger partial charge >= 0.3 is 0 Å². The van der Waals surface area contributed by atoms with E-state index < -0.39 is 6.10 Å². The minimum Gasteiger partial charge on any atom is -0.390 e. The number of β-amino-alcohol motifs (C(OH)–C–C–N with tert-alkyl or cyclic N) is 1. The van der Waals surface area contributed by atoms with E-state index >= 15 is 0 Å². The van der Waals surface area contributed by atoms with Crippen molar-refractivity contribution in [1.82, 2.24) is 15.2 Å². The van der Waals surface area contributed by atoms with Gasteiger partial charge in [0.25, 0.3) is 0 Å². The van der Waals surface area contributed by atoms with Crippen molar-refractivity contribution in [2.75, 3.05) is 26.2 Å². The van der Waals surface area contributed by atoms with Crippen LogP contribution in [0, 0.1) is 0 Å². The molecule has 138 valence electrons. The third-order valence-corrected chi connectivity index (χ3v) is 4.56. The molecule has 1 atom stereocenters. The Morgan fingerprint density at radius 2 is 2.04 bits per heavy atom. The average Bonchev–Trinajstić information content (AvgIpc) is 2.67. The number of nitrogens with one attached hydrogen (secondary N) is 1. The summed E-state index contributed by atoms with van der Waals surface area (Å²) in [4.78, 5) is 10.8. The number of benzene rings is 1. The van der Waals surface area contributed by atoms with Crippen molar-refractivity contribution in [3.05, 3.63) is 65.5 Å². The molecule has 3 rings (SSSR count). The van der Waals surface area contributed by atoms with Gasteiger partial charge in [-0.25, -0.2) is 0 Å². The lowest BCUT2D eigenvalue weighted by Crippen LogP contribution is -2.39. The van der Waals surface area contributed by atoms with Crippen molar-refractivity contribution in [3.8, 4) is 0 Å². The lowest BCUT2D eigenvalue weighted by atomic mass is 10.00. The number of hydrogen-bond acceptors (Lipinski definition) is 4. The topological polar surface area (TPSA) is 86.8 Å². The maximum absolute atomic E-state index is 10.3. The normalized spacial score (nSPS) is 16.1. The molecule has 6 heteroatoms. The Morgan fingerprint density at radius 3 is 2.85 bits per heavy atom. The SMILES string of the molecule is NC(=NCC(O)CN1CCc2ccccc2C1)NCCc1ccccn1. The highest BCUT2D eigenvalue weighted by Crippen LogP contribution is 2.18. The molecule has 1 aromatic heterocycles. The Morgan fingerprint density at radius 1 is 1.23 bits per heavy atom. The third-order valence-electron chi connectivity index (χ3n) is 4.56. The van der Waals surface area contributed by atoms with Crippen LogP contribution in [-0.2, 0) is 19.4 Å². The van der Waals surface area contributed by atoms with Crippen LogP contribution in [-0.4, -0.2) is 53.2 Å². The molecule has 2 heterocycles. The fourth-order valence-electron chi connectivity index (χ4n) is 3.19. The zero-order chi connectivity index (χ0) is 18.2. The number of aliphatic hydroxyl groups excluding tert-OH is 1. The molecule has 0 amide bonds. The van der Waals surface area contributed by atoms with Gasteiger partial charge in [-0.05, 0) is 29.7 Å². The second kappa shape index (κ2) is 9.31. The van der Waals surface area contributed by atoms with E-state index in [9.17, 15) is 5.11 Å². The lowest BCUT2D eigenvalue weighted by Gasteiger charge is -2.30. The molecule has 0 bridgehead atoms. The van der Waals surface area contributed by atoms with Crippen LogP contribution in [0.25, 0.3) is 0 Å². The Bertz CT molecular complexity index is 719. The van der Waals surface area contributed by atoms with E-state index in [-0.39, 0.29) is 0 Å². The van der Waals surface area contributed by atoms with E-state index in [0.717, 1.165) is 31.6 Å². The highest BCUT2D eigenvalue weighted by atomic mass is 16.3. The molecule has 0 radical (unpaired) electrons. The summed E-state index contributed by atoms with van der Waals surface area (Å²) in [6.07, 6.45) is 3.08. The first-order valence-corrected chi connectivity index (χ1v) is 9.11. The van der Waals surface area contributed by atoms with Crippen molar-refractivity contribution in [1.29, 1.82) is 0 Å². The van der Waals surface area contributed by atoms with Crippen molar-refractivity contribution in [3.63, 3.8) is 0 Å². The van der Waals surface area contributed by atoms with Crippen LogP contribution in [0.1, 0.15) is 16.8 Å². The highest BCUT2D eigenvalue weighted by molar-refractivity contribution is 5.77. The number of fused-ring (bicyclic) bond motifs is 1. The Kier molecular flexibility index (Phi) is 6.57. The van der Waals surface area contributed by atoms with Crippen molar-refractivity contribution in [2.24, 2.45) is 10.7 Å². The first kappa shape index (κ1) is 18.4. The number of hydrogen-bond donors (Lipinski definition) is 3. The summed E-state index contributed by atoms with van der Waals surface area (Å²) >= 11 is 0. The number of rotatable bonds is 7. The van der Waals surface area contributed by atoms with Crippen LogP contribution in [0.4, 0.5) is 0 Å². The molecule has 0 fully saturated rings. The zero-order valence-corrected chi connectivity index (χ0v) is 15.0. The van der Waals surface area contributed by atoms with Gasteiger partial charge in [-0.2, -0.15) is 0 Å². The number of aliphatic imine (C=N–C) groups is 1. The minimum atomic E-state index is -0.517. The smallest absolute Gasteiger partial charge is 0.188 e. The fraction of sp³-hybridized carbons (Fsp3) is 0.400. The van der Waals surface area contributed by atoms with Crippen LogP contribution >= 0.6 is 0 Å². The first-order chi connectivity index (χ1) is 12.7. The Balaban J connectivity index is 1.38. The van der Waals surface area contributed by atoms with Gasteiger partial charge in [0.2, 0.25) is 0 Å². The summed E-state index contributed by atoms with van der Waals surface area (Å²) < 4.78 is 0. The fourth-order valence-corrected chi connectivity index (χ4v) is 3.19. The molecule has 6 nitrogen and oxygen atoms in total. The monoisotopic (exact) mass is 353 g/mol. The molecule has 2 aromatic rings. The molecule has 1 aliphatic heterocycles. The van der Waals surface area contributed by atoms with Gasteiger partial charge in [-0.1, -0.05) is 30.3 Å². The number of nitrogens with two attached hydrogens (primary N) is 1. The van der Waals surface area contributed by atoms with E-state index in [1.807, 2.05) is 18.2 Å². The summed E-state index contributed by atoms with van der Waals surface area (Å²) in [5.74, 6) is 0.365. The van der Waals surface area contributed by atoms with Gasteiger partial charge < -0.3 is 16.2 Å². The van der Waals surface area contributed by atoms with Gasteiger partial charge in [0, 0.05) is 44.5 Å². The second-order valence-corrected chi connectivity index (χ2v) is 6.63. The molecule has 1 unspecified atom stereocenters. The second-order valence-electron chi connectivity index (χ2n) is 6.63. The van der Waals surface area contributed by atoms with Crippen LogP contribution < -0.4 is 11.1 Å². The summed E-state index contributed by atoms with van der Waals surface area (Å²) in [5, 5.41) is 13.3. The average molecular weight is 353 g/mol. The highest BCUT2D eigenvalue weighted by Gasteiger charge is 2.18. The van der Waals surface area contributed by atoms with Crippen LogP contribution in [0.15, 0.2) is 53.7 Å². The summed E-state index contributed by atoms with van der Waals surface area (Å²) in [7, 11) is 0. The minimum absolute atomic E-state index is 0.306. The summed E-state index contributed by atoms with van der Waals surface area (Å²) in [6, 6.07) is 14.3. The van der Waals surface area contributed by atoms with Gasteiger partial charge in [0.05, 0.1) is 12.6 Å². The molecule has 26 heavy (non-hydrogen) atoms.